The van der Waals surface area contributed by atoms with Crippen molar-refractivity contribution in [2.24, 2.45) is 5.92 Å². The quantitative estimate of drug-likeness (QED) is 0.421. The first-order valence-electron chi connectivity index (χ1n) is 14.9. The first-order valence-corrected chi connectivity index (χ1v) is 15.3. The highest BCUT2D eigenvalue weighted by Gasteiger charge is 2.34. The van der Waals surface area contributed by atoms with Gasteiger partial charge in [0, 0.05) is 32.8 Å². The van der Waals surface area contributed by atoms with E-state index in [1.807, 2.05) is 13.8 Å². The van der Waals surface area contributed by atoms with Crippen molar-refractivity contribution in [3.8, 4) is 0 Å². The molecule has 256 valence electrons. The number of nitrogens with zero attached hydrogens (tertiary/aromatic N) is 3. The Morgan fingerprint density at radius 3 is 2.30 bits per heavy atom. The van der Waals surface area contributed by atoms with Crippen molar-refractivity contribution in [3.05, 3.63) is 69.1 Å². The first-order chi connectivity index (χ1) is 22.0. The van der Waals surface area contributed by atoms with Gasteiger partial charge in [-0.3, -0.25) is 28.8 Å². The van der Waals surface area contributed by atoms with Gasteiger partial charge in [0.25, 0.3) is 5.56 Å². The molecule has 3 atom stereocenters. The topological polar surface area (TPSA) is 150 Å². The molecule has 0 saturated carbocycles. The molecule has 3 N–H and O–H groups in total. The van der Waals surface area contributed by atoms with E-state index in [1.54, 1.807) is 30.3 Å². The predicted octanol–water partition coefficient (Wildman–Crippen LogP) is 1.58. The number of carbonyl (C=O) groups is 5. The van der Waals surface area contributed by atoms with Crippen molar-refractivity contribution in [2.75, 3.05) is 26.7 Å². The number of halogens is 4. The van der Waals surface area contributed by atoms with E-state index < -0.39 is 83.1 Å². The van der Waals surface area contributed by atoms with Crippen LogP contribution >= 0.6 is 11.6 Å². The molecule has 0 spiro atoms. The monoisotopic (exact) mass is 682 g/mol. The first kappa shape index (κ1) is 37.1. The number of hydrogen-bond donors (Lipinski definition) is 3. The third-order valence-electron chi connectivity index (χ3n) is 7.61. The summed E-state index contributed by atoms with van der Waals surface area (Å²) in [5.74, 6) is -3.59. The van der Waals surface area contributed by atoms with Crippen molar-refractivity contribution in [1.29, 1.82) is 0 Å². The lowest BCUT2D eigenvalue weighted by Crippen LogP contribution is -2.57. The van der Waals surface area contributed by atoms with Gasteiger partial charge in [-0.2, -0.15) is 13.2 Å². The number of amides is 5. The van der Waals surface area contributed by atoms with Crippen molar-refractivity contribution in [3.63, 3.8) is 0 Å². The molecular formula is C31H38ClF3N6O6. The average Bonchev–Trinajstić information content (AvgIpc) is 3.00. The molecule has 1 aliphatic heterocycles. The van der Waals surface area contributed by atoms with Crippen LogP contribution in [0.2, 0.25) is 5.02 Å². The van der Waals surface area contributed by atoms with Crippen LogP contribution < -0.4 is 21.5 Å². The summed E-state index contributed by atoms with van der Waals surface area (Å²) < 4.78 is 40.7. The fourth-order valence-corrected chi connectivity index (χ4v) is 5.14. The van der Waals surface area contributed by atoms with Gasteiger partial charge >= 0.3 is 6.18 Å². The molecule has 47 heavy (non-hydrogen) atoms. The van der Waals surface area contributed by atoms with Gasteiger partial charge in [-0.05, 0) is 30.9 Å². The predicted molar refractivity (Wildman–Crippen MR) is 166 cm³/mol. The molecule has 1 saturated heterocycles. The van der Waals surface area contributed by atoms with Gasteiger partial charge < -0.3 is 30.3 Å². The maximum Gasteiger partial charge on any atom is 0.417 e. The van der Waals surface area contributed by atoms with Gasteiger partial charge in [0.1, 0.15) is 29.7 Å². The number of benzene rings is 1. The van der Waals surface area contributed by atoms with E-state index in [9.17, 15) is 41.9 Å². The molecule has 3 rings (SSSR count). The molecule has 1 aliphatic rings. The van der Waals surface area contributed by atoms with Gasteiger partial charge in [-0.1, -0.05) is 55.8 Å². The van der Waals surface area contributed by atoms with Gasteiger partial charge in [0.05, 0.1) is 12.1 Å². The van der Waals surface area contributed by atoms with Crippen LogP contribution in [0.15, 0.2) is 47.4 Å². The molecule has 1 aromatic heterocycles. The maximum atomic E-state index is 13.5. The summed E-state index contributed by atoms with van der Waals surface area (Å²) in [4.78, 5) is 81.4. The van der Waals surface area contributed by atoms with Crippen LogP contribution in [0.1, 0.15) is 38.3 Å². The minimum atomic E-state index is -4.86. The Balaban J connectivity index is 1.96. The normalized spacial score (nSPS) is 20.7. The Kier molecular flexibility index (Phi) is 12.6. The molecule has 16 heteroatoms. The summed E-state index contributed by atoms with van der Waals surface area (Å²) in [6, 6.07) is 6.11. The third-order valence-corrected chi connectivity index (χ3v) is 7.88. The number of aromatic nitrogens is 1. The van der Waals surface area contributed by atoms with E-state index >= 15 is 0 Å². The molecule has 2 aromatic rings. The molecule has 1 aromatic carbocycles. The Labute approximate surface area is 274 Å². The zero-order valence-electron chi connectivity index (χ0n) is 26.4. The largest absolute Gasteiger partial charge is 0.417 e. The van der Waals surface area contributed by atoms with E-state index in [4.69, 9.17) is 11.6 Å². The van der Waals surface area contributed by atoms with Crippen LogP contribution in [-0.4, -0.2) is 88.7 Å². The second-order valence-corrected chi connectivity index (χ2v) is 12.1. The van der Waals surface area contributed by atoms with Crippen molar-refractivity contribution in [2.45, 2.75) is 64.5 Å². The number of alkyl halides is 3. The highest BCUT2D eigenvalue weighted by Crippen LogP contribution is 2.29. The van der Waals surface area contributed by atoms with E-state index in [-0.39, 0.29) is 31.8 Å². The van der Waals surface area contributed by atoms with Crippen LogP contribution in [0.3, 0.4) is 0 Å². The molecule has 12 nitrogen and oxygen atoms in total. The van der Waals surface area contributed by atoms with Crippen LogP contribution in [0, 0.1) is 5.92 Å². The van der Waals surface area contributed by atoms with E-state index in [0.717, 1.165) is 15.4 Å². The summed E-state index contributed by atoms with van der Waals surface area (Å²) in [7, 11) is 1.39. The van der Waals surface area contributed by atoms with E-state index in [2.05, 4.69) is 16.0 Å². The van der Waals surface area contributed by atoms with Gasteiger partial charge in [-0.15, -0.1) is 0 Å². The molecule has 0 radical (unpaired) electrons. The number of likely N-dealkylation sites (N-methyl/N-ethyl adjacent to an activating group) is 1. The summed E-state index contributed by atoms with van der Waals surface area (Å²) in [5, 5.41) is 7.16. The number of nitrogens with one attached hydrogen (secondary N) is 3. The van der Waals surface area contributed by atoms with Crippen LogP contribution in [0.4, 0.5) is 13.2 Å². The molecular weight excluding hydrogens is 645 g/mol. The SMILES string of the molecule is CC(C)C[C@@H]1NC(=O)CN(C(=O)Cn2cc(C(F)(F)F)cc(Cl)c2=O)CCNC(=O)[C@H](Cc2ccccc2)NC(=O)[C@H](C)N(C)C1=O. The summed E-state index contributed by atoms with van der Waals surface area (Å²) in [6.45, 7) is 3.06. The van der Waals surface area contributed by atoms with Gasteiger partial charge in [0.2, 0.25) is 29.5 Å². The Morgan fingerprint density at radius 2 is 1.68 bits per heavy atom. The zero-order chi connectivity index (χ0) is 35.1. The molecule has 0 unspecified atom stereocenters. The second-order valence-electron chi connectivity index (χ2n) is 11.7. The molecule has 0 aliphatic carbocycles. The Bertz CT molecular complexity index is 1530. The molecule has 5 amide bonds. The van der Waals surface area contributed by atoms with Crippen molar-refractivity contribution < 1.29 is 37.1 Å². The van der Waals surface area contributed by atoms with Gasteiger partial charge in [0.15, 0.2) is 0 Å². The Hall–Kier alpha value is -4.40. The second kappa shape index (κ2) is 15.9. The summed E-state index contributed by atoms with van der Waals surface area (Å²) in [6.07, 6.45) is -4.12. The van der Waals surface area contributed by atoms with Crippen molar-refractivity contribution in [1.82, 2.24) is 30.3 Å². The highest BCUT2D eigenvalue weighted by molar-refractivity contribution is 6.30. The van der Waals surface area contributed by atoms with Crippen molar-refractivity contribution >= 4 is 41.1 Å². The fraction of sp³-hybridized carbons (Fsp3) is 0.484. The van der Waals surface area contributed by atoms with Crippen LogP contribution in [0.25, 0.3) is 0 Å². The maximum absolute atomic E-state index is 13.5. The van der Waals surface area contributed by atoms with Crippen LogP contribution in [0.5, 0.6) is 0 Å². The minimum absolute atomic E-state index is 0.0730. The van der Waals surface area contributed by atoms with Crippen LogP contribution in [-0.2, 0) is 43.1 Å². The van der Waals surface area contributed by atoms with E-state index in [1.165, 1.54) is 14.0 Å². The average molecular weight is 683 g/mol. The number of carbonyl (C=O) groups excluding carboxylic acids is 5. The smallest absolute Gasteiger partial charge is 0.353 e. The zero-order valence-corrected chi connectivity index (χ0v) is 27.2. The lowest BCUT2D eigenvalue weighted by Gasteiger charge is -2.30. The minimum Gasteiger partial charge on any atom is -0.353 e. The number of rotatable bonds is 6. The fourth-order valence-electron chi connectivity index (χ4n) is 4.92. The summed E-state index contributed by atoms with van der Waals surface area (Å²) in [5.41, 5.74) is -1.57. The standard InChI is InChI=1S/C31H38ClF3N6O6/c1-18(2)12-24-30(47)39(4)19(3)27(44)38-23(13-20-8-6-5-7-9-20)28(45)36-10-11-40(16-25(42)37-24)26(43)17-41-15-21(31(33,34)35)14-22(32)29(41)46/h5-9,14-15,18-19,23-24H,10-13,16-17H2,1-4H3,(H,36,45)(H,37,42)(H,38,44)/t19-,23-,24-/m0/s1. The number of pyridine rings is 1. The lowest BCUT2D eigenvalue weighted by molar-refractivity contribution is -0.143. The Morgan fingerprint density at radius 1 is 1.02 bits per heavy atom. The third kappa shape index (κ3) is 10.3. The molecule has 1 fully saturated rings. The van der Waals surface area contributed by atoms with E-state index in [0.29, 0.717) is 16.8 Å². The molecule has 0 bridgehead atoms. The molecule has 2 heterocycles. The summed E-state index contributed by atoms with van der Waals surface area (Å²) >= 11 is 5.74. The highest BCUT2D eigenvalue weighted by atomic mass is 35.5. The van der Waals surface area contributed by atoms with Gasteiger partial charge in [-0.25, -0.2) is 0 Å². The lowest BCUT2D eigenvalue weighted by atomic mass is 10.0. The number of hydrogen-bond acceptors (Lipinski definition) is 6.